The van der Waals surface area contributed by atoms with Gasteiger partial charge in [0, 0.05) is 38.5 Å². The fourth-order valence-electron chi connectivity index (χ4n) is 1.33. The molecule has 6 nitrogen and oxygen atoms in total. The average Bonchev–Trinajstić information content (AvgIpc) is 2.67. The van der Waals surface area contributed by atoms with Gasteiger partial charge in [0.2, 0.25) is 5.89 Å². The van der Waals surface area contributed by atoms with E-state index in [0.717, 1.165) is 0 Å². The zero-order chi connectivity index (χ0) is 12.4. The van der Waals surface area contributed by atoms with Crippen molar-refractivity contribution >= 4 is 22.9 Å². The van der Waals surface area contributed by atoms with Crippen molar-refractivity contribution in [2.45, 2.75) is 0 Å². The molecule has 0 spiro atoms. The minimum absolute atomic E-state index is 0.00828. The van der Waals surface area contributed by atoms with Crippen LogP contribution in [-0.2, 0) is 0 Å². The second-order valence-electron chi connectivity index (χ2n) is 3.74. The van der Waals surface area contributed by atoms with Gasteiger partial charge in [-0.1, -0.05) is 0 Å². The first-order valence-corrected chi connectivity index (χ1v) is 4.96. The highest BCUT2D eigenvalue weighted by atomic mass is 16.6. The van der Waals surface area contributed by atoms with E-state index >= 15 is 0 Å². The molecule has 0 atom stereocenters. The second-order valence-corrected chi connectivity index (χ2v) is 3.74. The van der Waals surface area contributed by atoms with Crippen molar-refractivity contribution in [3.05, 3.63) is 40.4 Å². The number of rotatable bonds is 3. The second kappa shape index (κ2) is 4.25. The van der Waals surface area contributed by atoms with Crippen LogP contribution in [0, 0.1) is 10.1 Å². The van der Waals surface area contributed by atoms with Gasteiger partial charge < -0.3 is 9.32 Å². The highest BCUT2D eigenvalue weighted by molar-refractivity contribution is 5.76. The maximum Gasteiger partial charge on any atom is 0.271 e. The van der Waals surface area contributed by atoms with E-state index in [9.17, 15) is 10.1 Å². The van der Waals surface area contributed by atoms with Crippen molar-refractivity contribution in [1.29, 1.82) is 0 Å². The maximum atomic E-state index is 10.6. The lowest BCUT2D eigenvalue weighted by molar-refractivity contribution is -0.384. The van der Waals surface area contributed by atoms with Crippen LogP contribution in [0.25, 0.3) is 17.2 Å². The summed E-state index contributed by atoms with van der Waals surface area (Å²) in [4.78, 5) is 16.1. The Morgan fingerprint density at radius 2 is 2.24 bits per heavy atom. The predicted molar refractivity (Wildman–Crippen MR) is 63.4 cm³/mol. The minimum Gasteiger partial charge on any atom is -0.437 e. The third-order valence-electron chi connectivity index (χ3n) is 2.11. The molecule has 0 aliphatic rings. The molecule has 1 heterocycles. The number of benzene rings is 1. The van der Waals surface area contributed by atoms with Crippen LogP contribution in [0.5, 0.6) is 0 Å². The smallest absolute Gasteiger partial charge is 0.271 e. The zero-order valence-electron chi connectivity index (χ0n) is 9.45. The SMILES string of the molecule is CN(C)/C=C/c1nc2cc([N+](=O)[O-])ccc2o1. The third kappa shape index (κ3) is 2.41. The Labute approximate surface area is 97.3 Å². The molecule has 1 aromatic carbocycles. The molecule has 0 aliphatic carbocycles. The summed E-state index contributed by atoms with van der Waals surface area (Å²) in [7, 11) is 3.76. The largest absolute Gasteiger partial charge is 0.437 e. The summed E-state index contributed by atoms with van der Waals surface area (Å²) in [6, 6.07) is 4.34. The fraction of sp³-hybridized carbons (Fsp3) is 0.182. The van der Waals surface area contributed by atoms with E-state index in [-0.39, 0.29) is 5.69 Å². The highest BCUT2D eigenvalue weighted by Crippen LogP contribution is 2.21. The van der Waals surface area contributed by atoms with Gasteiger partial charge in [-0.25, -0.2) is 4.98 Å². The Bertz CT molecular complexity index is 587. The molecule has 0 radical (unpaired) electrons. The molecule has 17 heavy (non-hydrogen) atoms. The normalized spacial score (nSPS) is 11.2. The van der Waals surface area contributed by atoms with Crippen LogP contribution in [0.15, 0.2) is 28.8 Å². The molecule has 0 unspecified atom stereocenters. The number of fused-ring (bicyclic) bond motifs is 1. The van der Waals surface area contributed by atoms with Gasteiger partial charge in [-0.05, 0) is 6.07 Å². The zero-order valence-corrected chi connectivity index (χ0v) is 9.45. The molecule has 6 heteroatoms. The van der Waals surface area contributed by atoms with E-state index in [1.54, 1.807) is 18.3 Å². The highest BCUT2D eigenvalue weighted by Gasteiger charge is 2.10. The van der Waals surface area contributed by atoms with Crippen LogP contribution in [-0.4, -0.2) is 28.9 Å². The first-order chi connectivity index (χ1) is 8.06. The van der Waals surface area contributed by atoms with E-state index in [4.69, 9.17) is 4.42 Å². The van der Waals surface area contributed by atoms with Crippen LogP contribution in [0.2, 0.25) is 0 Å². The van der Waals surface area contributed by atoms with Crippen LogP contribution >= 0.6 is 0 Å². The van der Waals surface area contributed by atoms with E-state index in [1.165, 1.54) is 12.1 Å². The lowest BCUT2D eigenvalue weighted by atomic mass is 10.3. The molecule has 2 rings (SSSR count). The molecule has 0 N–H and O–H groups in total. The Morgan fingerprint density at radius 3 is 2.88 bits per heavy atom. The van der Waals surface area contributed by atoms with E-state index < -0.39 is 4.92 Å². The predicted octanol–water partition coefficient (Wildman–Crippen LogP) is 2.27. The van der Waals surface area contributed by atoms with Gasteiger partial charge in [0.15, 0.2) is 5.58 Å². The van der Waals surface area contributed by atoms with E-state index in [0.29, 0.717) is 17.0 Å². The van der Waals surface area contributed by atoms with Crippen molar-refractivity contribution < 1.29 is 9.34 Å². The molecule has 0 aliphatic heterocycles. The van der Waals surface area contributed by atoms with E-state index in [1.807, 2.05) is 19.0 Å². The maximum absolute atomic E-state index is 10.6. The van der Waals surface area contributed by atoms with Crippen LogP contribution in [0.4, 0.5) is 5.69 Å². The lowest BCUT2D eigenvalue weighted by Crippen LogP contribution is -1.99. The number of aromatic nitrogens is 1. The molecule has 0 fully saturated rings. The average molecular weight is 233 g/mol. The quantitative estimate of drug-likeness (QED) is 0.600. The number of nitro benzene ring substituents is 1. The van der Waals surface area contributed by atoms with Crippen LogP contribution in [0.1, 0.15) is 5.89 Å². The molecule has 0 amide bonds. The summed E-state index contributed by atoms with van der Waals surface area (Å²) in [5, 5.41) is 10.6. The number of oxazole rings is 1. The summed E-state index contributed by atoms with van der Waals surface area (Å²) >= 11 is 0. The summed E-state index contributed by atoms with van der Waals surface area (Å²) in [6.07, 6.45) is 3.49. The number of hydrogen-bond acceptors (Lipinski definition) is 5. The van der Waals surface area contributed by atoms with Gasteiger partial charge in [0.1, 0.15) is 5.52 Å². The van der Waals surface area contributed by atoms with Crippen molar-refractivity contribution in [3.63, 3.8) is 0 Å². The summed E-state index contributed by atoms with van der Waals surface area (Å²) < 4.78 is 5.41. The summed E-state index contributed by atoms with van der Waals surface area (Å²) in [5.41, 5.74) is 1.03. The van der Waals surface area contributed by atoms with Crippen molar-refractivity contribution in [2.75, 3.05) is 14.1 Å². The molecule has 88 valence electrons. The number of non-ortho nitro benzene ring substituents is 1. The monoisotopic (exact) mass is 233 g/mol. The van der Waals surface area contributed by atoms with Gasteiger partial charge in [-0.15, -0.1) is 0 Å². The Hall–Kier alpha value is -2.37. The lowest BCUT2D eigenvalue weighted by Gasteiger charge is -2.00. The Balaban J connectivity index is 2.40. The number of nitro groups is 1. The van der Waals surface area contributed by atoms with E-state index in [2.05, 4.69) is 4.98 Å². The van der Waals surface area contributed by atoms with Gasteiger partial charge >= 0.3 is 0 Å². The molecule has 0 saturated carbocycles. The van der Waals surface area contributed by atoms with Gasteiger partial charge in [-0.2, -0.15) is 0 Å². The third-order valence-corrected chi connectivity index (χ3v) is 2.11. The standard InChI is InChI=1S/C11H11N3O3/c1-13(2)6-5-11-12-9-7-8(14(15)16)3-4-10(9)17-11/h3-7H,1-2H3/b6-5+. The molecule has 2 aromatic rings. The molecule has 0 saturated heterocycles. The van der Waals surface area contributed by atoms with Gasteiger partial charge in [0.25, 0.3) is 5.69 Å². The van der Waals surface area contributed by atoms with Crippen LogP contribution in [0.3, 0.4) is 0 Å². The number of hydrogen-bond donors (Lipinski definition) is 0. The minimum atomic E-state index is -0.455. The fourth-order valence-corrected chi connectivity index (χ4v) is 1.33. The Kier molecular flexibility index (Phi) is 2.78. The van der Waals surface area contributed by atoms with Gasteiger partial charge in [0.05, 0.1) is 4.92 Å². The summed E-state index contributed by atoms with van der Waals surface area (Å²) in [6.45, 7) is 0. The molecule has 1 aromatic heterocycles. The first kappa shape index (κ1) is 11.1. The van der Waals surface area contributed by atoms with Crippen molar-refractivity contribution in [2.24, 2.45) is 0 Å². The van der Waals surface area contributed by atoms with Crippen molar-refractivity contribution in [3.8, 4) is 0 Å². The summed E-state index contributed by atoms with van der Waals surface area (Å²) in [5.74, 6) is 0.425. The molecular weight excluding hydrogens is 222 g/mol. The van der Waals surface area contributed by atoms with Gasteiger partial charge in [-0.3, -0.25) is 10.1 Å². The Morgan fingerprint density at radius 1 is 1.47 bits per heavy atom. The first-order valence-electron chi connectivity index (χ1n) is 4.96. The van der Waals surface area contributed by atoms with Crippen LogP contribution < -0.4 is 0 Å². The molecular formula is C11H11N3O3. The number of nitrogens with zero attached hydrogens (tertiary/aromatic N) is 3. The molecule has 0 bridgehead atoms. The topological polar surface area (TPSA) is 72.4 Å². The van der Waals surface area contributed by atoms with Crippen molar-refractivity contribution in [1.82, 2.24) is 9.88 Å².